The number of methoxy groups -OCH3 is 1. The fourth-order valence-electron chi connectivity index (χ4n) is 2.45. The molecular formula is C16H28N4O. The number of aromatic nitrogens is 1. The van der Waals surface area contributed by atoms with Crippen molar-refractivity contribution in [3.8, 4) is 0 Å². The average Bonchev–Trinajstić information content (AvgIpc) is 2.54. The third-order valence-electron chi connectivity index (χ3n) is 4.32. The lowest BCUT2D eigenvalue weighted by Crippen LogP contribution is -2.47. The molecule has 5 heteroatoms. The molecule has 0 amide bonds. The van der Waals surface area contributed by atoms with Crippen molar-refractivity contribution in [1.29, 1.82) is 0 Å². The second-order valence-corrected chi connectivity index (χ2v) is 6.27. The van der Waals surface area contributed by atoms with Crippen molar-refractivity contribution >= 4 is 5.82 Å². The highest BCUT2D eigenvalue weighted by atomic mass is 16.5. The second kappa shape index (κ2) is 7.20. The standard InChI is InChI=1S/C16H28N4O/c1-16(2,21-3)6-7-19-8-10-20(11-9-19)15-5-4-14(12-17)13-18-15/h4-5,13H,6-12,17H2,1-3H3. The molecule has 1 saturated heterocycles. The van der Waals surface area contributed by atoms with E-state index < -0.39 is 0 Å². The minimum Gasteiger partial charge on any atom is -0.379 e. The highest BCUT2D eigenvalue weighted by Gasteiger charge is 2.21. The van der Waals surface area contributed by atoms with Crippen molar-refractivity contribution in [2.24, 2.45) is 5.73 Å². The van der Waals surface area contributed by atoms with Crippen LogP contribution in [-0.4, -0.2) is 55.3 Å². The molecule has 0 spiro atoms. The van der Waals surface area contributed by atoms with Gasteiger partial charge in [0.15, 0.2) is 0 Å². The highest BCUT2D eigenvalue weighted by molar-refractivity contribution is 5.39. The molecule has 1 aliphatic rings. The van der Waals surface area contributed by atoms with Gasteiger partial charge in [0, 0.05) is 52.6 Å². The van der Waals surface area contributed by atoms with Gasteiger partial charge in [-0.15, -0.1) is 0 Å². The van der Waals surface area contributed by atoms with Gasteiger partial charge in [0.1, 0.15) is 5.82 Å². The molecule has 1 aromatic rings. The summed E-state index contributed by atoms with van der Waals surface area (Å²) in [5, 5.41) is 0. The zero-order valence-corrected chi connectivity index (χ0v) is 13.5. The quantitative estimate of drug-likeness (QED) is 0.860. The van der Waals surface area contributed by atoms with Crippen molar-refractivity contribution in [3.05, 3.63) is 23.9 Å². The van der Waals surface area contributed by atoms with Gasteiger partial charge in [-0.3, -0.25) is 4.90 Å². The summed E-state index contributed by atoms with van der Waals surface area (Å²) in [4.78, 5) is 9.36. The molecule has 2 heterocycles. The van der Waals surface area contributed by atoms with Crippen LogP contribution in [0.15, 0.2) is 18.3 Å². The number of rotatable bonds is 6. The number of anilines is 1. The molecule has 1 fully saturated rings. The minimum absolute atomic E-state index is 0.0310. The van der Waals surface area contributed by atoms with Gasteiger partial charge in [0.05, 0.1) is 5.60 Å². The number of pyridine rings is 1. The Morgan fingerprint density at radius 3 is 2.48 bits per heavy atom. The van der Waals surface area contributed by atoms with Gasteiger partial charge in [0.25, 0.3) is 0 Å². The number of ether oxygens (including phenoxy) is 1. The lowest BCUT2D eigenvalue weighted by molar-refractivity contribution is 0.00707. The molecule has 0 aromatic carbocycles. The van der Waals surface area contributed by atoms with Crippen LogP contribution in [0.1, 0.15) is 25.8 Å². The second-order valence-electron chi connectivity index (χ2n) is 6.27. The summed E-state index contributed by atoms with van der Waals surface area (Å²) in [5.74, 6) is 1.06. The van der Waals surface area contributed by atoms with Gasteiger partial charge in [-0.1, -0.05) is 6.07 Å². The number of piperazine rings is 1. The molecule has 2 rings (SSSR count). The zero-order chi connectivity index (χ0) is 15.3. The molecular weight excluding hydrogens is 264 g/mol. The van der Waals surface area contributed by atoms with E-state index in [1.54, 1.807) is 7.11 Å². The Morgan fingerprint density at radius 2 is 1.95 bits per heavy atom. The Bertz CT molecular complexity index is 424. The molecule has 1 aromatic heterocycles. The van der Waals surface area contributed by atoms with E-state index in [9.17, 15) is 0 Å². The first-order valence-corrected chi connectivity index (χ1v) is 7.71. The van der Waals surface area contributed by atoms with Crippen LogP contribution in [0.2, 0.25) is 0 Å². The van der Waals surface area contributed by atoms with Gasteiger partial charge < -0.3 is 15.4 Å². The molecule has 21 heavy (non-hydrogen) atoms. The molecule has 0 bridgehead atoms. The Morgan fingerprint density at radius 1 is 1.24 bits per heavy atom. The first-order valence-electron chi connectivity index (χ1n) is 7.71. The fraction of sp³-hybridized carbons (Fsp3) is 0.688. The maximum Gasteiger partial charge on any atom is 0.128 e. The lowest BCUT2D eigenvalue weighted by atomic mass is 10.0. The van der Waals surface area contributed by atoms with Crippen LogP contribution in [0.5, 0.6) is 0 Å². The van der Waals surface area contributed by atoms with Gasteiger partial charge in [-0.2, -0.15) is 0 Å². The Labute approximate surface area is 128 Å². The number of hydrogen-bond donors (Lipinski definition) is 1. The predicted molar refractivity (Wildman–Crippen MR) is 86.5 cm³/mol. The lowest BCUT2D eigenvalue weighted by Gasteiger charge is -2.36. The van der Waals surface area contributed by atoms with Crippen molar-refractivity contribution < 1.29 is 4.74 Å². The third kappa shape index (κ3) is 4.66. The van der Waals surface area contributed by atoms with Crippen LogP contribution < -0.4 is 10.6 Å². The summed E-state index contributed by atoms with van der Waals surface area (Å²) in [6, 6.07) is 4.14. The monoisotopic (exact) mass is 292 g/mol. The summed E-state index contributed by atoms with van der Waals surface area (Å²) in [7, 11) is 1.79. The molecule has 118 valence electrons. The van der Waals surface area contributed by atoms with Gasteiger partial charge in [-0.05, 0) is 31.9 Å². The van der Waals surface area contributed by atoms with Gasteiger partial charge in [0.2, 0.25) is 0 Å². The van der Waals surface area contributed by atoms with Crippen LogP contribution >= 0.6 is 0 Å². The van der Waals surface area contributed by atoms with E-state index >= 15 is 0 Å². The van der Waals surface area contributed by atoms with Crippen molar-refractivity contribution in [2.45, 2.75) is 32.4 Å². The van der Waals surface area contributed by atoms with E-state index in [2.05, 4.69) is 40.8 Å². The molecule has 2 N–H and O–H groups in total. The van der Waals surface area contributed by atoms with Crippen LogP contribution in [-0.2, 0) is 11.3 Å². The predicted octanol–water partition coefficient (Wildman–Crippen LogP) is 1.48. The van der Waals surface area contributed by atoms with E-state index in [1.807, 2.05) is 6.20 Å². The Kier molecular flexibility index (Phi) is 5.56. The van der Waals surface area contributed by atoms with E-state index in [4.69, 9.17) is 10.5 Å². The van der Waals surface area contributed by atoms with E-state index in [1.165, 1.54) is 0 Å². The van der Waals surface area contributed by atoms with E-state index in [-0.39, 0.29) is 5.60 Å². The molecule has 0 unspecified atom stereocenters. The topological polar surface area (TPSA) is 54.6 Å². The minimum atomic E-state index is -0.0310. The number of nitrogens with zero attached hydrogens (tertiary/aromatic N) is 3. The Balaban J connectivity index is 1.80. The van der Waals surface area contributed by atoms with Crippen molar-refractivity contribution in [1.82, 2.24) is 9.88 Å². The SMILES string of the molecule is COC(C)(C)CCN1CCN(c2ccc(CN)cn2)CC1. The Hall–Kier alpha value is -1.17. The van der Waals surface area contributed by atoms with Crippen LogP contribution in [0.4, 0.5) is 5.82 Å². The van der Waals surface area contributed by atoms with Crippen molar-refractivity contribution in [2.75, 3.05) is 44.7 Å². The summed E-state index contributed by atoms with van der Waals surface area (Å²) in [5.41, 5.74) is 6.66. The molecule has 1 aliphatic heterocycles. The normalized spacial score (nSPS) is 17.2. The van der Waals surface area contributed by atoms with Crippen LogP contribution in [0.25, 0.3) is 0 Å². The van der Waals surface area contributed by atoms with E-state index in [0.29, 0.717) is 6.54 Å². The molecule has 0 radical (unpaired) electrons. The summed E-state index contributed by atoms with van der Waals surface area (Å²) >= 11 is 0. The molecule has 0 atom stereocenters. The van der Waals surface area contributed by atoms with Crippen LogP contribution in [0.3, 0.4) is 0 Å². The first kappa shape index (κ1) is 16.2. The van der Waals surface area contributed by atoms with Gasteiger partial charge >= 0.3 is 0 Å². The maximum absolute atomic E-state index is 5.61. The van der Waals surface area contributed by atoms with E-state index in [0.717, 1.165) is 50.5 Å². The summed E-state index contributed by atoms with van der Waals surface area (Å²) in [6.07, 6.45) is 2.94. The fourth-order valence-corrected chi connectivity index (χ4v) is 2.45. The maximum atomic E-state index is 5.61. The first-order chi connectivity index (χ1) is 10.0. The van der Waals surface area contributed by atoms with Crippen molar-refractivity contribution in [3.63, 3.8) is 0 Å². The summed E-state index contributed by atoms with van der Waals surface area (Å²) in [6.45, 7) is 10.2. The zero-order valence-electron chi connectivity index (χ0n) is 13.5. The average molecular weight is 292 g/mol. The molecule has 5 nitrogen and oxygen atoms in total. The smallest absolute Gasteiger partial charge is 0.128 e. The third-order valence-corrected chi connectivity index (χ3v) is 4.32. The number of nitrogens with two attached hydrogens (primary N) is 1. The summed E-state index contributed by atoms with van der Waals surface area (Å²) < 4.78 is 5.48. The largest absolute Gasteiger partial charge is 0.379 e. The van der Waals surface area contributed by atoms with Gasteiger partial charge in [-0.25, -0.2) is 4.98 Å². The molecule has 0 saturated carbocycles. The number of hydrogen-bond acceptors (Lipinski definition) is 5. The van der Waals surface area contributed by atoms with Crippen LogP contribution in [0, 0.1) is 0 Å². The molecule has 0 aliphatic carbocycles. The highest BCUT2D eigenvalue weighted by Crippen LogP contribution is 2.17.